The van der Waals surface area contributed by atoms with Gasteiger partial charge in [-0.1, -0.05) is 18.2 Å². The molecule has 6 heteroatoms. The molecule has 1 saturated heterocycles. The molecule has 1 N–H and O–H groups in total. The first-order chi connectivity index (χ1) is 10.1. The Morgan fingerprint density at radius 2 is 1.76 bits per heavy atom. The van der Waals surface area contributed by atoms with Crippen LogP contribution in [0.15, 0.2) is 24.3 Å². The molecule has 1 aliphatic rings. The van der Waals surface area contributed by atoms with Gasteiger partial charge in [-0.3, -0.25) is 4.79 Å². The van der Waals surface area contributed by atoms with Crippen LogP contribution < -0.4 is 5.32 Å². The Morgan fingerprint density at radius 3 is 2.38 bits per heavy atom. The molecule has 1 heterocycles. The Labute approximate surface area is 123 Å². The fourth-order valence-electron chi connectivity index (χ4n) is 2.34. The van der Waals surface area contributed by atoms with Gasteiger partial charge in [-0.15, -0.1) is 0 Å². The zero-order valence-corrected chi connectivity index (χ0v) is 12.1. The molecule has 0 aromatic heterocycles. The average Bonchev–Trinajstić information content (AvgIpc) is 2.49. The van der Waals surface area contributed by atoms with E-state index in [1.807, 2.05) is 0 Å². The van der Waals surface area contributed by atoms with Gasteiger partial charge in [0.25, 0.3) is 0 Å². The first kappa shape index (κ1) is 15.3. The fourth-order valence-corrected chi connectivity index (χ4v) is 2.34. The Hall–Kier alpha value is -2.11. The summed E-state index contributed by atoms with van der Waals surface area (Å²) in [6.07, 6.45) is 0.464. The lowest BCUT2D eigenvalue weighted by atomic mass is 10.1. The van der Waals surface area contributed by atoms with Gasteiger partial charge in [0.1, 0.15) is 5.82 Å². The molecule has 0 atom stereocenters. The van der Waals surface area contributed by atoms with Crippen molar-refractivity contribution < 1.29 is 14.0 Å². The molecule has 0 spiro atoms. The highest BCUT2D eigenvalue weighted by atomic mass is 19.1. The van der Waals surface area contributed by atoms with Crippen molar-refractivity contribution in [2.75, 3.05) is 32.7 Å². The van der Waals surface area contributed by atoms with Crippen LogP contribution in [-0.2, 0) is 11.2 Å². The van der Waals surface area contributed by atoms with Gasteiger partial charge in [0.05, 0.1) is 0 Å². The topological polar surface area (TPSA) is 52.7 Å². The summed E-state index contributed by atoms with van der Waals surface area (Å²) in [5, 5.41) is 2.79. The summed E-state index contributed by atoms with van der Waals surface area (Å²) in [5.74, 6) is -0.212. The minimum Gasteiger partial charge on any atom is -0.339 e. The number of amides is 3. The lowest BCUT2D eigenvalue weighted by molar-refractivity contribution is -0.130. The Bertz CT molecular complexity index is 513. The molecule has 1 aromatic rings. The van der Waals surface area contributed by atoms with Crippen LogP contribution in [0.5, 0.6) is 0 Å². The molecule has 5 nitrogen and oxygen atoms in total. The molecule has 0 unspecified atom stereocenters. The smallest absolute Gasteiger partial charge is 0.317 e. The second kappa shape index (κ2) is 7.06. The van der Waals surface area contributed by atoms with Crippen LogP contribution in [0.4, 0.5) is 9.18 Å². The van der Waals surface area contributed by atoms with E-state index in [0.717, 1.165) is 0 Å². The van der Waals surface area contributed by atoms with Crippen molar-refractivity contribution in [3.8, 4) is 0 Å². The molecule has 0 saturated carbocycles. The van der Waals surface area contributed by atoms with Gasteiger partial charge in [0.15, 0.2) is 0 Å². The summed E-state index contributed by atoms with van der Waals surface area (Å²) in [4.78, 5) is 26.6. The highest BCUT2D eigenvalue weighted by molar-refractivity contribution is 5.76. The van der Waals surface area contributed by atoms with Crippen molar-refractivity contribution in [3.63, 3.8) is 0 Å². The summed E-state index contributed by atoms with van der Waals surface area (Å²) in [6.45, 7) is 4.12. The second-order valence-electron chi connectivity index (χ2n) is 5.07. The molecular formula is C15H20FN3O2. The number of rotatable bonds is 3. The van der Waals surface area contributed by atoms with E-state index in [4.69, 9.17) is 0 Å². The van der Waals surface area contributed by atoms with Crippen LogP contribution in [0, 0.1) is 5.82 Å². The summed E-state index contributed by atoms with van der Waals surface area (Å²) >= 11 is 0. The van der Waals surface area contributed by atoms with E-state index >= 15 is 0 Å². The average molecular weight is 293 g/mol. The number of nitrogens with zero attached hydrogens (tertiary/aromatic N) is 2. The highest BCUT2D eigenvalue weighted by Gasteiger charge is 2.21. The largest absolute Gasteiger partial charge is 0.339 e. The molecule has 0 bridgehead atoms. The quantitative estimate of drug-likeness (QED) is 0.911. The molecule has 114 valence electrons. The maximum atomic E-state index is 13.4. The molecule has 3 amide bonds. The Balaban J connectivity index is 1.73. The first-order valence-corrected chi connectivity index (χ1v) is 7.09. The third kappa shape index (κ3) is 4.18. The van der Waals surface area contributed by atoms with Gasteiger partial charge < -0.3 is 15.1 Å². The number of carbonyl (C=O) groups is 2. The van der Waals surface area contributed by atoms with Crippen LogP contribution in [0.2, 0.25) is 0 Å². The van der Waals surface area contributed by atoms with Crippen molar-refractivity contribution in [1.29, 1.82) is 0 Å². The third-order valence-electron chi connectivity index (χ3n) is 3.64. The van der Waals surface area contributed by atoms with E-state index in [9.17, 15) is 14.0 Å². The van der Waals surface area contributed by atoms with Gasteiger partial charge in [0.2, 0.25) is 5.91 Å². The lowest BCUT2D eigenvalue weighted by Crippen LogP contribution is -2.53. The van der Waals surface area contributed by atoms with Gasteiger partial charge >= 0.3 is 6.03 Å². The van der Waals surface area contributed by atoms with Crippen molar-refractivity contribution in [2.24, 2.45) is 0 Å². The zero-order chi connectivity index (χ0) is 15.2. The van der Waals surface area contributed by atoms with Crippen LogP contribution in [0.25, 0.3) is 0 Å². The monoisotopic (exact) mass is 293 g/mol. The first-order valence-electron chi connectivity index (χ1n) is 7.09. The SMILES string of the molecule is CC(=O)N1CCN(C(=O)NCCc2ccccc2F)CC1. The molecule has 2 rings (SSSR count). The number of carbonyl (C=O) groups excluding carboxylic acids is 2. The summed E-state index contributed by atoms with van der Waals surface area (Å²) in [7, 11) is 0. The summed E-state index contributed by atoms with van der Waals surface area (Å²) < 4.78 is 13.4. The number of piperazine rings is 1. The zero-order valence-electron chi connectivity index (χ0n) is 12.1. The lowest BCUT2D eigenvalue weighted by Gasteiger charge is -2.34. The summed E-state index contributed by atoms with van der Waals surface area (Å²) in [6, 6.07) is 6.40. The number of nitrogens with one attached hydrogen (secondary N) is 1. The third-order valence-corrected chi connectivity index (χ3v) is 3.64. The standard InChI is InChI=1S/C15H20FN3O2/c1-12(20)18-8-10-19(11-9-18)15(21)17-7-6-13-4-2-3-5-14(13)16/h2-5H,6-11H2,1H3,(H,17,21). The van der Waals surface area contributed by atoms with Crippen LogP contribution in [0.3, 0.4) is 0 Å². The van der Waals surface area contributed by atoms with Crippen molar-refractivity contribution >= 4 is 11.9 Å². The maximum absolute atomic E-state index is 13.4. The number of hydrogen-bond donors (Lipinski definition) is 1. The fraction of sp³-hybridized carbons (Fsp3) is 0.467. The number of benzene rings is 1. The van der Waals surface area contributed by atoms with Crippen molar-refractivity contribution in [2.45, 2.75) is 13.3 Å². The molecular weight excluding hydrogens is 273 g/mol. The predicted molar refractivity (Wildman–Crippen MR) is 77.3 cm³/mol. The maximum Gasteiger partial charge on any atom is 0.317 e. The molecule has 0 radical (unpaired) electrons. The molecule has 1 fully saturated rings. The Kier molecular flexibility index (Phi) is 5.14. The normalized spacial score (nSPS) is 15.0. The van der Waals surface area contributed by atoms with Gasteiger partial charge in [-0.25, -0.2) is 9.18 Å². The molecule has 1 aromatic carbocycles. The minimum absolute atomic E-state index is 0.0367. The Morgan fingerprint density at radius 1 is 1.14 bits per heavy atom. The van der Waals surface area contributed by atoms with E-state index in [2.05, 4.69) is 5.32 Å². The molecule has 21 heavy (non-hydrogen) atoms. The van der Waals surface area contributed by atoms with E-state index in [1.165, 1.54) is 13.0 Å². The molecule has 0 aliphatic carbocycles. The van der Waals surface area contributed by atoms with Crippen LogP contribution in [-0.4, -0.2) is 54.5 Å². The van der Waals surface area contributed by atoms with Crippen LogP contribution >= 0.6 is 0 Å². The van der Waals surface area contributed by atoms with Gasteiger partial charge in [-0.2, -0.15) is 0 Å². The highest BCUT2D eigenvalue weighted by Crippen LogP contribution is 2.06. The summed E-state index contributed by atoms with van der Waals surface area (Å²) in [5.41, 5.74) is 0.596. The van der Waals surface area contributed by atoms with E-state index in [0.29, 0.717) is 44.7 Å². The van der Waals surface area contributed by atoms with Crippen LogP contribution in [0.1, 0.15) is 12.5 Å². The van der Waals surface area contributed by atoms with Crippen molar-refractivity contribution in [1.82, 2.24) is 15.1 Å². The minimum atomic E-state index is -0.248. The number of urea groups is 1. The van der Waals surface area contributed by atoms with Gasteiger partial charge in [0, 0.05) is 39.6 Å². The predicted octanol–water partition coefficient (Wildman–Crippen LogP) is 1.24. The van der Waals surface area contributed by atoms with E-state index in [-0.39, 0.29) is 17.8 Å². The van der Waals surface area contributed by atoms with E-state index < -0.39 is 0 Å². The van der Waals surface area contributed by atoms with Gasteiger partial charge in [-0.05, 0) is 18.1 Å². The molecule has 1 aliphatic heterocycles. The number of halogens is 1. The number of hydrogen-bond acceptors (Lipinski definition) is 2. The second-order valence-corrected chi connectivity index (χ2v) is 5.07. The van der Waals surface area contributed by atoms with Crippen molar-refractivity contribution in [3.05, 3.63) is 35.6 Å². The van der Waals surface area contributed by atoms with E-state index in [1.54, 1.807) is 28.0 Å².